The number of nitrogen functional groups attached to an aromatic ring is 1. The van der Waals surface area contributed by atoms with Crippen LogP contribution in [0.15, 0.2) is 53.9 Å². The number of benzene rings is 2. The first kappa shape index (κ1) is 26.9. The molecule has 2 aromatic heterocycles. The molecule has 6 N–H and O–H groups in total. The summed E-state index contributed by atoms with van der Waals surface area (Å²) in [7, 11) is 0. The van der Waals surface area contributed by atoms with Crippen molar-refractivity contribution in [2.45, 2.75) is 31.2 Å². The van der Waals surface area contributed by atoms with Crippen LogP contribution in [-0.2, 0) is 19.1 Å². The molecule has 0 aliphatic carbocycles. The Bertz CT molecular complexity index is 1670. The van der Waals surface area contributed by atoms with Crippen molar-refractivity contribution in [3.8, 4) is 0 Å². The molecule has 2 saturated heterocycles. The van der Waals surface area contributed by atoms with E-state index in [9.17, 15) is 14.4 Å². The Morgan fingerprint density at radius 2 is 1.88 bits per heavy atom. The maximum absolute atomic E-state index is 13.4. The van der Waals surface area contributed by atoms with E-state index < -0.39 is 23.6 Å². The SMILES string of the molecule is CC(NC(=O)[C@@H]1CC2(CN1C(=O)CNC(=O)c1ccc3c(c1)[nH]c1ccccc13)OCCO2)c1cc(C(=N)N)cs1. The van der Waals surface area contributed by atoms with Gasteiger partial charge in [0.15, 0.2) is 5.79 Å². The van der Waals surface area contributed by atoms with Gasteiger partial charge in [0.2, 0.25) is 11.8 Å². The number of fused-ring (bicyclic) bond motifs is 3. The number of ether oxygens (including phenoxy) is 2. The van der Waals surface area contributed by atoms with Crippen molar-refractivity contribution in [3.63, 3.8) is 0 Å². The summed E-state index contributed by atoms with van der Waals surface area (Å²) in [5.74, 6) is -2.25. The van der Waals surface area contributed by atoms with Crippen molar-refractivity contribution in [2.24, 2.45) is 5.73 Å². The van der Waals surface area contributed by atoms with Crippen LogP contribution in [0.3, 0.4) is 0 Å². The molecular weight excluding hydrogens is 544 g/mol. The highest BCUT2D eigenvalue weighted by atomic mass is 32.1. The zero-order valence-electron chi connectivity index (χ0n) is 22.4. The number of rotatable bonds is 7. The predicted octanol–water partition coefficient (Wildman–Crippen LogP) is 2.62. The lowest BCUT2D eigenvalue weighted by molar-refractivity contribution is -0.152. The minimum atomic E-state index is -1.05. The molecule has 0 radical (unpaired) electrons. The van der Waals surface area contributed by atoms with Crippen molar-refractivity contribution in [1.29, 1.82) is 5.41 Å². The number of para-hydroxylation sites is 1. The highest BCUT2D eigenvalue weighted by molar-refractivity contribution is 7.10. The number of thiophene rings is 1. The molecule has 2 fully saturated rings. The third-order valence-corrected chi connectivity index (χ3v) is 8.73. The lowest BCUT2D eigenvalue weighted by Gasteiger charge is -2.25. The number of carbonyl (C=O) groups is 3. The number of hydrogen-bond donors (Lipinski definition) is 5. The summed E-state index contributed by atoms with van der Waals surface area (Å²) in [6.45, 7) is 2.39. The highest BCUT2D eigenvalue weighted by Crippen LogP contribution is 2.35. The largest absolute Gasteiger partial charge is 0.384 e. The maximum Gasteiger partial charge on any atom is 0.251 e. The van der Waals surface area contributed by atoms with Gasteiger partial charge in [-0.25, -0.2) is 0 Å². The fourth-order valence-electron chi connectivity index (χ4n) is 5.50. The Kier molecular flexibility index (Phi) is 6.98. The minimum absolute atomic E-state index is 0.0423. The van der Waals surface area contributed by atoms with Gasteiger partial charge in [-0.1, -0.05) is 24.3 Å². The van der Waals surface area contributed by atoms with E-state index >= 15 is 0 Å². The van der Waals surface area contributed by atoms with Crippen LogP contribution >= 0.6 is 11.3 Å². The number of aromatic nitrogens is 1. The van der Waals surface area contributed by atoms with Crippen molar-refractivity contribution < 1.29 is 23.9 Å². The second kappa shape index (κ2) is 10.6. The monoisotopic (exact) mass is 574 g/mol. The van der Waals surface area contributed by atoms with Crippen LogP contribution in [0, 0.1) is 5.41 Å². The summed E-state index contributed by atoms with van der Waals surface area (Å²) in [5.41, 5.74) is 8.39. The molecule has 4 heterocycles. The molecule has 0 saturated carbocycles. The topological polar surface area (TPSA) is 163 Å². The molecule has 2 aromatic carbocycles. The third-order valence-electron chi connectivity index (χ3n) is 7.61. The Balaban J connectivity index is 1.14. The van der Waals surface area contributed by atoms with Crippen LogP contribution in [0.1, 0.15) is 40.2 Å². The first-order chi connectivity index (χ1) is 19.7. The summed E-state index contributed by atoms with van der Waals surface area (Å²) < 4.78 is 11.6. The molecule has 1 unspecified atom stereocenters. The van der Waals surface area contributed by atoms with Gasteiger partial charge in [0.05, 0.1) is 32.3 Å². The molecule has 6 rings (SSSR count). The van der Waals surface area contributed by atoms with Crippen LogP contribution in [0.25, 0.3) is 21.8 Å². The summed E-state index contributed by atoms with van der Waals surface area (Å²) >= 11 is 1.39. The first-order valence-electron chi connectivity index (χ1n) is 13.3. The number of aromatic amines is 1. The van der Waals surface area contributed by atoms with Gasteiger partial charge in [-0.15, -0.1) is 11.3 Å². The number of carbonyl (C=O) groups excluding carboxylic acids is 3. The van der Waals surface area contributed by atoms with Crippen molar-refractivity contribution in [3.05, 3.63) is 69.9 Å². The number of nitrogens with zero attached hydrogens (tertiary/aromatic N) is 1. The Hall–Kier alpha value is -4.26. The van der Waals surface area contributed by atoms with Gasteiger partial charge in [-0.05, 0) is 31.2 Å². The molecule has 4 aromatic rings. The van der Waals surface area contributed by atoms with Crippen LogP contribution in [0.4, 0.5) is 0 Å². The van der Waals surface area contributed by atoms with Crippen molar-refractivity contribution >= 4 is 56.7 Å². The van der Waals surface area contributed by atoms with Gasteiger partial charge in [0.1, 0.15) is 11.9 Å². The maximum atomic E-state index is 13.4. The van der Waals surface area contributed by atoms with Crippen LogP contribution in [-0.4, -0.2) is 71.6 Å². The number of nitrogens with one attached hydrogen (secondary N) is 4. The number of amides is 3. The standard InChI is InChI=1S/C29H30N6O5S/c1-16(24-11-18(14-41-24)26(30)31)33-28(38)23-12-29(39-8-9-40-29)15-35(23)25(36)13-32-27(37)17-6-7-20-19-4-2-3-5-21(19)34-22(20)10-17/h2-7,10-11,14,16,23,34H,8-9,12-13,15H2,1H3,(H3,30,31)(H,32,37)(H,33,38)/t16?,23-/m0/s1. The van der Waals surface area contributed by atoms with E-state index in [0.717, 1.165) is 26.7 Å². The molecule has 12 heteroatoms. The zero-order chi connectivity index (χ0) is 28.7. The average molecular weight is 575 g/mol. The molecule has 212 valence electrons. The average Bonchev–Trinajstić information content (AvgIpc) is 3.77. The highest BCUT2D eigenvalue weighted by Gasteiger charge is 2.52. The summed E-state index contributed by atoms with van der Waals surface area (Å²) in [5, 5.41) is 17.1. The van der Waals surface area contributed by atoms with Gasteiger partial charge >= 0.3 is 0 Å². The second-order valence-corrected chi connectivity index (χ2v) is 11.3. The van der Waals surface area contributed by atoms with Gasteiger partial charge in [0, 0.05) is 49.6 Å². The van der Waals surface area contributed by atoms with E-state index in [2.05, 4.69) is 15.6 Å². The van der Waals surface area contributed by atoms with Crippen molar-refractivity contribution in [1.82, 2.24) is 20.5 Å². The smallest absolute Gasteiger partial charge is 0.251 e. The van der Waals surface area contributed by atoms with E-state index in [1.807, 2.05) is 37.3 Å². The fraction of sp³-hybridized carbons (Fsp3) is 0.310. The van der Waals surface area contributed by atoms with Crippen LogP contribution in [0.2, 0.25) is 0 Å². The molecule has 2 atom stereocenters. The Morgan fingerprint density at radius 1 is 1.12 bits per heavy atom. The normalized spacial score (nSPS) is 18.7. The van der Waals surface area contributed by atoms with Gasteiger partial charge in [-0.2, -0.15) is 0 Å². The molecule has 11 nitrogen and oxygen atoms in total. The van der Waals surface area contributed by atoms with Crippen LogP contribution < -0.4 is 16.4 Å². The molecule has 0 bridgehead atoms. The quantitative estimate of drug-likeness (QED) is 0.168. The van der Waals surface area contributed by atoms with E-state index in [0.29, 0.717) is 24.3 Å². The molecule has 1 spiro atoms. The zero-order valence-corrected chi connectivity index (χ0v) is 23.2. The molecule has 3 amide bonds. The molecule has 2 aliphatic heterocycles. The number of likely N-dealkylation sites (tertiary alicyclic amines) is 1. The number of H-pyrrole nitrogens is 1. The first-order valence-corrected chi connectivity index (χ1v) is 14.2. The summed E-state index contributed by atoms with van der Waals surface area (Å²) in [4.78, 5) is 45.4. The van der Waals surface area contributed by atoms with Gasteiger partial charge in [0.25, 0.3) is 5.91 Å². The fourth-order valence-corrected chi connectivity index (χ4v) is 6.41. The lowest BCUT2D eigenvalue weighted by atomic mass is 10.1. The van der Waals surface area contributed by atoms with E-state index in [1.165, 1.54) is 16.2 Å². The van der Waals surface area contributed by atoms with E-state index in [4.69, 9.17) is 20.6 Å². The van der Waals surface area contributed by atoms with Gasteiger partial charge < -0.3 is 35.7 Å². The minimum Gasteiger partial charge on any atom is -0.384 e. The van der Waals surface area contributed by atoms with Crippen molar-refractivity contribution in [2.75, 3.05) is 26.3 Å². The molecule has 2 aliphatic rings. The van der Waals surface area contributed by atoms with Crippen LogP contribution in [0.5, 0.6) is 0 Å². The number of hydrogen-bond acceptors (Lipinski definition) is 7. The predicted molar refractivity (Wildman–Crippen MR) is 155 cm³/mol. The Morgan fingerprint density at radius 3 is 2.63 bits per heavy atom. The van der Waals surface area contributed by atoms with E-state index in [-0.39, 0.29) is 37.3 Å². The van der Waals surface area contributed by atoms with Gasteiger partial charge in [-0.3, -0.25) is 19.8 Å². The number of nitrogens with two attached hydrogens (primary N) is 1. The summed E-state index contributed by atoms with van der Waals surface area (Å²) in [6, 6.07) is 13.9. The molecule has 41 heavy (non-hydrogen) atoms. The third kappa shape index (κ3) is 5.17. The second-order valence-electron chi connectivity index (χ2n) is 10.3. The van der Waals surface area contributed by atoms with E-state index in [1.54, 1.807) is 23.6 Å². The lowest BCUT2D eigenvalue weighted by Crippen LogP contribution is -2.49. The Labute approximate surface area is 239 Å². The number of amidine groups is 1. The molecular formula is C29H30N6O5S. The summed E-state index contributed by atoms with van der Waals surface area (Å²) in [6.07, 6.45) is 0.186.